The molecule has 0 aromatic heterocycles. The van der Waals surface area contributed by atoms with Gasteiger partial charge in [0, 0.05) is 25.0 Å². The van der Waals surface area contributed by atoms with Gasteiger partial charge >= 0.3 is 0 Å². The van der Waals surface area contributed by atoms with E-state index in [0.29, 0.717) is 6.04 Å². The molecule has 0 radical (unpaired) electrons. The number of benzene rings is 1. The fourth-order valence-electron chi connectivity index (χ4n) is 3.75. The first-order valence-corrected chi connectivity index (χ1v) is 7.31. The van der Waals surface area contributed by atoms with Crippen molar-refractivity contribution in [3.63, 3.8) is 0 Å². The number of fused-ring (bicyclic) bond motifs is 1. The largest absolute Gasteiger partial charge is 0.329 e. The molecule has 1 aliphatic heterocycles. The summed E-state index contributed by atoms with van der Waals surface area (Å²) in [5.41, 5.74) is 9.10. The van der Waals surface area contributed by atoms with Gasteiger partial charge < -0.3 is 5.73 Å². The number of hydrogen-bond acceptors (Lipinski definition) is 2. The van der Waals surface area contributed by atoms with E-state index >= 15 is 0 Å². The second-order valence-corrected chi connectivity index (χ2v) is 6.02. The van der Waals surface area contributed by atoms with E-state index in [9.17, 15) is 0 Å². The fourth-order valence-corrected chi connectivity index (χ4v) is 3.75. The van der Waals surface area contributed by atoms with Gasteiger partial charge in [0.25, 0.3) is 0 Å². The molecule has 2 heteroatoms. The van der Waals surface area contributed by atoms with Gasteiger partial charge in [-0.05, 0) is 42.9 Å². The van der Waals surface area contributed by atoms with Crippen LogP contribution in [0.5, 0.6) is 0 Å². The lowest BCUT2D eigenvalue weighted by Gasteiger charge is -2.43. The molecule has 2 aliphatic rings. The highest BCUT2D eigenvalue weighted by molar-refractivity contribution is 5.40. The maximum absolute atomic E-state index is 5.97. The van der Waals surface area contributed by atoms with E-state index in [0.717, 1.165) is 18.4 Å². The number of nitrogens with zero attached hydrogens (tertiary/aromatic N) is 1. The zero-order valence-electron chi connectivity index (χ0n) is 11.3. The third-order valence-corrected chi connectivity index (χ3v) is 4.89. The molecule has 2 nitrogen and oxygen atoms in total. The van der Waals surface area contributed by atoms with Gasteiger partial charge in [0.2, 0.25) is 0 Å². The van der Waals surface area contributed by atoms with Crippen molar-refractivity contribution < 1.29 is 0 Å². The van der Waals surface area contributed by atoms with E-state index in [1.54, 1.807) is 11.1 Å². The Morgan fingerprint density at radius 3 is 2.94 bits per heavy atom. The molecule has 3 unspecified atom stereocenters. The average molecular weight is 244 g/mol. The molecular weight excluding hydrogens is 220 g/mol. The SMILES string of the molecule is CC1CCCN(CC2Cc3ccccc32)C1CN. The van der Waals surface area contributed by atoms with Crippen molar-refractivity contribution in [1.29, 1.82) is 0 Å². The monoisotopic (exact) mass is 244 g/mol. The summed E-state index contributed by atoms with van der Waals surface area (Å²) in [5.74, 6) is 1.51. The zero-order chi connectivity index (χ0) is 12.5. The first kappa shape index (κ1) is 12.2. The second kappa shape index (κ2) is 5.02. The number of rotatable bonds is 3. The molecular formula is C16H24N2. The Morgan fingerprint density at radius 1 is 1.33 bits per heavy atom. The van der Waals surface area contributed by atoms with Crippen LogP contribution in [0.3, 0.4) is 0 Å². The number of hydrogen-bond donors (Lipinski definition) is 1. The lowest BCUT2D eigenvalue weighted by Crippen LogP contribution is -2.50. The van der Waals surface area contributed by atoms with E-state index in [-0.39, 0.29) is 0 Å². The van der Waals surface area contributed by atoms with Crippen molar-refractivity contribution in [2.45, 2.75) is 38.1 Å². The van der Waals surface area contributed by atoms with Crippen molar-refractivity contribution in [3.8, 4) is 0 Å². The van der Waals surface area contributed by atoms with Crippen molar-refractivity contribution in [2.75, 3.05) is 19.6 Å². The van der Waals surface area contributed by atoms with E-state index < -0.39 is 0 Å². The summed E-state index contributed by atoms with van der Waals surface area (Å²) in [5, 5.41) is 0. The van der Waals surface area contributed by atoms with Gasteiger partial charge in [-0.1, -0.05) is 31.2 Å². The molecule has 1 aromatic rings. The van der Waals surface area contributed by atoms with Crippen LogP contribution in [0.15, 0.2) is 24.3 Å². The van der Waals surface area contributed by atoms with Crippen molar-refractivity contribution in [2.24, 2.45) is 11.7 Å². The van der Waals surface area contributed by atoms with Crippen LogP contribution in [0.2, 0.25) is 0 Å². The predicted molar refractivity (Wildman–Crippen MR) is 75.7 cm³/mol. The van der Waals surface area contributed by atoms with E-state index in [1.807, 2.05) is 0 Å². The fraction of sp³-hybridized carbons (Fsp3) is 0.625. The maximum Gasteiger partial charge on any atom is 0.0244 e. The number of piperidine rings is 1. The lowest BCUT2D eigenvalue weighted by molar-refractivity contribution is 0.0965. The molecule has 3 rings (SSSR count). The minimum atomic E-state index is 0.603. The summed E-state index contributed by atoms with van der Waals surface area (Å²) in [4.78, 5) is 2.65. The van der Waals surface area contributed by atoms with Crippen molar-refractivity contribution in [1.82, 2.24) is 4.90 Å². The molecule has 98 valence electrons. The molecule has 1 fully saturated rings. The first-order valence-electron chi connectivity index (χ1n) is 7.31. The van der Waals surface area contributed by atoms with Gasteiger partial charge in [-0.25, -0.2) is 0 Å². The Kier molecular flexibility index (Phi) is 3.40. The van der Waals surface area contributed by atoms with Crippen LogP contribution in [-0.4, -0.2) is 30.6 Å². The van der Waals surface area contributed by atoms with Crippen LogP contribution in [0.4, 0.5) is 0 Å². The van der Waals surface area contributed by atoms with Crippen LogP contribution in [0, 0.1) is 5.92 Å². The molecule has 3 atom stereocenters. The molecule has 0 bridgehead atoms. The van der Waals surface area contributed by atoms with Gasteiger partial charge in [-0.2, -0.15) is 0 Å². The molecule has 18 heavy (non-hydrogen) atoms. The Morgan fingerprint density at radius 2 is 2.17 bits per heavy atom. The average Bonchev–Trinajstić information content (AvgIpc) is 2.36. The van der Waals surface area contributed by atoms with Crippen LogP contribution in [-0.2, 0) is 6.42 Å². The van der Waals surface area contributed by atoms with E-state index in [2.05, 4.69) is 36.1 Å². The number of likely N-dealkylation sites (tertiary alicyclic amines) is 1. The molecule has 2 N–H and O–H groups in total. The third kappa shape index (κ3) is 2.08. The van der Waals surface area contributed by atoms with E-state index in [4.69, 9.17) is 5.73 Å². The van der Waals surface area contributed by atoms with Gasteiger partial charge in [0.1, 0.15) is 0 Å². The van der Waals surface area contributed by atoms with E-state index in [1.165, 1.54) is 32.4 Å². The smallest absolute Gasteiger partial charge is 0.0244 e. The minimum absolute atomic E-state index is 0.603. The zero-order valence-corrected chi connectivity index (χ0v) is 11.3. The highest BCUT2D eigenvalue weighted by Gasteiger charge is 2.32. The standard InChI is InChI=1S/C16H24N2/c1-12-5-4-8-18(16(12)10-17)11-14-9-13-6-2-3-7-15(13)14/h2-3,6-7,12,14,16H,4-5,8-11,17H2,1H3. The molecule has 1 saturated heterocycles. The van der Waals surface area contributed by atoms with Crippen LogP contribution < -0.4 is 5.73 Å². The molecule has 0 saturated carbocycles. The molecule has 1 aromatic carbocycles. The first-order chi connectivity index (χ1) is 8.79. The Bertz CT molecular complexity index is 415. The van der Waals surface area contributed by atoms with Crippen LogP contribution in [0.25, 0.3) is 0 Å². The van der Waals surface area contributed by atoms with Crippen molar-refractivity contribution in [3.05, 3.63) is 35.4 Å². The molecule has 1 heterocycles. The highest BCUT2D eigenvalue weighted by Crippen LogP contribution is 2.36. The molecule has 1 aliphatic carbocycles. The summed E-state index contributed by atoms with van der Waals surface area (Å²) in [6.45, 7) is 5.63. The maximum atomic E-state index is 5.97. The topological polar surface area (TPSA) is 29.3 Å². The van der Waals surface area contributed by atoms with Gasteiger partial charge in [-0.15, -0.1) is 0 Å². The summed E-state index contributed by atoms with van der Waals surface area (Å²) < 4.78 is 0. The normalized spacial score (nSPS) is 31.8. The Labute approximate surface area is 110 Å². The highest BCUT2D eigenvalue weighted by atomic mass is 15.2. The van der Waals surface area contributed by atoms with Gasteiger partial charge in [0.05, 0.1) is 0 Å². The summed E-state index contributed by atoms with van der Waals surface area (Å²) in [7, 11) is 0. The second-order valence-electron chi connectivity index (χ2n) is 6.02. The summed E-state index contributed by atoms with van der Waals surface area (Å²) in [6, 6.07) is 9.50. The summed E-state index contributed by atoms with van der Waals surface area (Å²) in [6.07, 6.45) is 3.95. The lowest BCUT2D eigenvalue weighted by atomic mass is 9.76. The summed E-state index contributed by atoms with van der Waals surface area (Å²) >= 11 is 0. The van der Waals surface area contributed by atoms with Crippen molar-refractivity contribution >= 4 is 0 Å². The molecule has 0 spiro atoms. The Hall–Kier alpha value is -0.860. The number of nitrogens with two attached hydrogens (primary N) is 1. The minimum Gasteiger partial charge on any atom is -0.329 e. The molecule has 0 amide bonds. The van der Waals surface area contributed by atoms with Gasteiger partial charge in [-0.3, -0.25) is 4.90 Å². The Balaban J connectivity index is 1.67. The predicted octanol–water partition coefficient (Wildman–Crippen LogP) is 2.39. The van der Waals surface area contributed by atoms with Crippen LogP contribution >= 0.6 is 0 Å². The quantitative estimate of drug-likeness (QED) is 0.884. The van der Waals surface area contributed by atoms with Crippen LogP contribution in [0.1, 0.15) is 36.8 Å². The van der Waals surface area contributed by atoms with Gasteiger partial charge in [0.15, 0.2) is 0 Å². The third-order valence-electron chi connectivity index (χ3n) is 4.89.